The van der Waals surface area contributed by atoms with Crippen molar-refractivity contribution >= 4 is 11.8 Å². The van der Waals surface area contributed by atoms with E-state index in [9.17, 15) is 0 Å². The number of rotatable bonds is 2. The monoisotopic (exact) mass is 292 g/mol. The average molecular weight is 292 g/mol. The van der Waals surface area contributed by atoms with Gasteiger partial charge in [-0.2, -0.15) is 11.8 Å². The SMILES string of the molecule is Cc1cccc(OC2CCOC3(CCSCC3)C2)c1C. The zero-order valence-electron chi connectivity index (χ0n) is 12.5. The first-order valence-electron chi connectivity index (χ1n) is 7.63. The Kier molecular flexibility index (Phi) is 4.27. The van der Waals surface area contributed by atoms with Crippen LogP contribution >= 0.6 is 11.8 Å². The fraction of sp³-hybridized carbons (Fsp3) is 0.647. The Labute approximate surface area is 126 Å². The van der Waals surface area contributed by atoms with E-state index in [1.807, 2.05) is 0 Å². The molecule has 2 nitrogen and oxygen atoms in total. The Morgan fingerprint density at radius 2 is 2.05 bits per heavy atom. The maximum Gasteiger partial charge on any atom is 0.122 e. The molecule has 0 N–H and O–H groups in total. The van der Waals surface area contributed by atoms with Gasteiger partial charge in [-0.3, -0.25) is 0 Å². The first-order valence-corrected chi connectivity index (χ1v) is 8.79. The molecule has 1 unspecified atom stereocenters. The molecule has 1 aromatic carbocycles. The van der Waals surface area contributed by atoms with Crippen LogP contribution in [0.1, 0.15) is 36.8 Å². The molecule has 20 heavy (non-hydrogen) atoms. The molecule has 3 rings (SSSR count). The van der Waals surface area contributed by atoms with Gasteiger partial charge in [-0.25, -0.2) is 0 Å². The van der Waals surface area contributed by atoms with E-state index in [4.69, 9.17) is 9.47 Å². The summed E-state index contributed by atoms with van der Waals surface area (Å²) in [5.74, 6) is 3.52. The van der Waals surface area contributed by atoms with Crippen LogP contribution in [0.15, 0.2) is 18.2 Å². The zero-order chi connectivity index (χ0) is 14.0. The summed E-state index contributed by atoms with van der Waals surface area (Å²) < 4.78 is 12.4. The van der Waals surface area contributed by atoms with Crippen LogP contribution in [0.4, 0.5) is 0 Å². The molecule has 3 heteroatoms. The van der Waals surface area contributed by atoms with Gasteiger partial charge < -0.3 is 9.47 Å². The molecular weight excluding hydrogens is 268 g/mol. The van der Waals surface area contributed by atoms with Gasteiger partial charge in [-0.05, 0) is 55.4 Å². The molecule has 0 amide bonds. The Balaban J connectivity index is 1.69. The topological polar surface area (TPSA) is 18.5 Å². The predicted octanol–water partition coefficient (Wildman–Crippen LogP) is 4.13. The van der Waals surface area contributed by atoms with E-state index in [0.717, 1.165) is 25.2 Å². The fourth-order valence-electron chi connectivity index (χ4n) is 3.21. The summed E-state index contributed by atoms with van der Waals surface area (Å²) in [5, 5.41) is 0. The fourth-order valence-corrected chi connectivity index (χ4v) is 4.44. The van der Waals surface area contributed by atoms with Crippen LogP contribution in [0.25, 0.3) is 0 Å². The maximum absolute atomic E-state index is 6.31. The third-order valence-electron chi connectivity index (χ3n) is 4.70. The van der Waals surface area contributed by atoms with Gasteiger partial charge >= 0.3 is 0 Å². The van der Waals surface area contributed by atoms with Crippen molar-refractivity contribution in [1.82, 2.24) is 0 Å². The number of hydrogen-bond donors (Lipinski definition) is 0. The molecule has 0 saturated carbocycles. The van der Waals surface area contributed by atoms with E-state index in [1.54, 1.807) is 0 Å². The summed E-state index contributed by atoms with van der Waals surface area (Å²) in [6, 6.07) is 6.33. The van der Waals surface area contributed by atoms with Gasteiger partial charge in [-0.15, -0.1) is 0 Å². The second kappa shape index (κ2) is 5.98. The van der Waals surface area contributed by atoms with Crippen LogP contribution < -0.4 is 4.74 Å². The van der Waals surface area contributed by atoms with Crippen molar-refractivity contribution in [2.75, 3.05) is 18.1 Å². The predicted molar refractivity (Wildman–Crippen MR) is 84.8 cm³/mol. The molecule has 1 atom stereocenters. The molecule has 2 aliphatic heterocycles. The van der Waals surface area contributed by atoms with Crippen molar-refractivity contribution in [3.63, 3.8) is 0 Å². The highest BCUT2D eigenvalue weighted by molar-refractivity contribution is 7.99. The summed E-state index contributed by atoms with van der Waals surface area (Å²) in [7, 11) is 0. The van der Waals surface area contributed by atoms with Crippen LogP contribution in [-0.2, 0) is 4.74 Å². The minimum atomic E-state index is 0.103. The standard InChI is InChI=1S/C17H24O2S/c1-13-4-3-5-16(14(13)2)19-15-6-9-18-17(12-15)7-10-20-11-8-17/h3-5,15H,6-12H2,1-2H3. The number of hydrogen-bond acceptors (Lipinski definition) is 3. The van der Waals surface area contributed by atoms with Gasteiger partial charge in [0, 0.05) is 12.8 Å². The summed E-state index contributed by atoms with van der Waals surface area (Å²) in [6.45, 7) is 5.14. The summed E-state index contributed by atoms with van der Waals surface area (Å²) in [6.07, 6.45) is 4.75. The van der Waals surface area contributed by atoms with Gasteiger partial charge in [0.25, 0.3) is 0 Å². The summed E-state index contributed by atoms with van der Waals surface area (Å²) in [4.78, 5) is 0. The van der Waals surface area contributed by atoms with Gasteiger partial charge in [-0.1, -0.05) is 12.1 Å². The van der Waals surface area contributed by atoms with Crippen LogP contribution in [0.2, 0.25) is 0 Å². The van der Waals surface area contributed by atoms with Crippen molar-refractivity contribution in [2.24, 2.45) is 0 Å². The van der Waals surface area contributed by atoms with E-state index < -0.39 is 0 Å². The molecule has 0 aromatic heterocycles. The van der Waals surface area contributed by atoms with Gasteiger partial charge in [0.2, 0.25) is 0 Å². The molecule has 2 saturated heterocycles. The third kappa shape index (κ3) is 2.99. The first kappa shape index (κ1) is 14.3. The van der Waals surface area contributed by atoms with E-state index >= 15 is 0 Å². The molecule has 2 aliphatic rings. The van der Waals surface area contributed by atoms with Crippen molar-refractivity contribution < 1.29 is 9.47 Å². The second-order valence-corrected chi connectivity index (χ2v) is 7.30. The quantitative estimate of drug-likeness (QED) is 0.816. The normalized spacial score (nSPS) is 25.6. The molecule has 2 heterocycles. The van der Waals surface area contributed by atoms with Crippen LogP contribution in [0, 0.1) is 13.8 Å². The minimum Gasteiger partial charge on any atom is -0.490 e. The number of thioether (sulfide) groups is 1. The van der Waals surface area contributed by atoms with E-state index in [1.165, 1.54) is 35.5 Å². The highest BCUT2D eigenvalue weighted by Crippen LogP contribution is 2.39. The zero-order valence-corrected chi connectivity index (χ0v) is 13.3. The number of ether oxygens (including phenoxy) is 2. The highest BCUT2D eigenvalue weighted by atomic mass is 32.2. The van der Waals surface area contributed by atoms with E-state index in [-0.39, 0.29) is 5.60 Å². The van der Waals surface area contributed by atoms with Crippen molar-refractivity contribution in [3.05, 3.63) is 29.3 Å². The first-order chi connectivity index (χ1) is 9.69. The molecule has 110 valence electrons. The van der Waals surface area contributed by atoms with Gasteiger partial charge in [0.1, 0.15) is 11.9 Å². The number of aryl methyl sites for hydroxylation is 1. The van der Waals surface area contributed by atoms with Gasteiger partial charge in [0.15, 0.2) is 0 Å². The van der Waals surface area contributed by atoms with Gasteiger partial charge in [0.05, 0.1) is 12.2 Å². The van der Waals surface area contributed by atoms with Crippen molar-refractivity contribution in [2.45, 2.75) is 51.2 Å². The smallest absolute Gasteiger partial charge is 0.122 e. The molecule has 1 aromatic rings. The van der Waals surface area contributed by atoms with Crippen molar-refractivity contribution in [1.29, 1.82) is 0 Å². The molecule has 0 aliphatic carbocycles. The van der Waals surface area contributed by atoms with Crippen LogP contribution in [-0.4, -0.2) is 29.8 Å². The largest absolute Gasteiger partial charge is 0.490 e. The maximum atomic E-state index is 6.31. The molecular formula is C17H24O2S. The van der Waals surface area contributed by atoms with E-state index in [2.05, 4.69) is 43.8 Å². The molecule has 0 bridgehead atoms. The lowest BCUT2D eigenvalue weighted by Crippen LogP contribution is -2.46. The average Bonchev–Trinajstić information content (AvgIpc) is 2.45. The lowest BCUT2D eigenvalue weighted by Gasteiger charge is -2.43. The Bertz CT molecular complexity index is 461. The third-order valence-corrected chi connectivity index (χ3v) is 5.69. The van der Waals surface area contributed by atoms with Crippen LogP contribution in [0.5, 0.6) is 5.75 Å². The Hall–Kier alpha value is -0.670. The lowest BCUT2D eigenvalue weighted by molar-refractivity contribution is -0.116. The Morgan fingerprint density at radius 3 is 2.85 bits per heavy atom. The summed E-state index contributed by atoms with van der Waals surface area (Å²) in [5.41, 5.74) is 2.68. The molecule has 0 radical (unpaired) electrons. The van der Waals surface area contributed by atoms with Crippen LogP contribution in [0.3, 0.4) is 0 Å². The van der Waals surface area contributed by atoms with E-state index in [0.29, 0.717) is 6.10 Å². The summed E-state index contributed by atoms with van der Waals surface area (Å²) >= 11 is 2.05. The van der Waals surface area contributed by atoms with Crippen molar-refractivity contribution in [3.8, 4) is 5.75 Å². The lowest BCUT2D eigenvalue weighted by atomic mass is 9.86. The minimum absolute atomic E-state index is 0.103. The second-order valence-electron chi connectivity index (χ2n) is 6.07. The highest BCUT2D eigenvalue weighted by Gasteiger charge is 2.39. The number of benzene rings is 1. The molecule has 1 spiro atoms. The molecule has 2 fully saturated rings. The Morgan fingerprint density at radius 1 is 1.25 bits per heavy atom.